The zero-order chi connectivity index (χ0) is 15.9. The summed E-state index contributed by atoms with van der Waals surface area (Å²) in [6.07, 6.45) is 2.03. The molecule has 1 heterocycles. The lowest BCUT2D eigenvalue weighted by molar-refractivity contribution is 0.0528. The van der Waals surface area contributed by atoms with E-state index in [2.05, 4.69) is 27.4 Å². The Morgan fingerprint density at radius 1 is 1.24 bits per heavy atom. The molecule has 0 aromatic rings. The number of carbonyl (C=O) groups excluding carboxylic acids is 1. The van der Waals surface area contributed by atoms with Gasteiger partial charge in [-0.05, 0) is 39.5 Å². The summed E-state index contributed by atoms with van der Waals surface area (Å²) < 4.78 is 5.18. The molecule has 0 spiro atoms. The first-order valence-electron chi connectivity index (χ1n) is 7.74. The largest absolute Gasteiger partial charge is 0.444 e. The molecule has 0 bridgehead atoms. The third-order valence-electron chi connectivity index (χ3n) is 3.37. The Kier molecular flexibility index (Phi) is 6.78. The summed E-state index contributed by atoms with van der Waals surface area (Å²) in [5.74, 6) is 1.71. The number of hydrogen-bond donors (Lipinski definition) is 2. The molecule has 0 aromatic carbocycles. The summed E-state index contributed by atoms with van der Waals surface area (Å²) in [6.45, 7) is 11.1. The van der Waals surface area contributed by atoms with Crippen LogP contribution >= 0.6 is 0 Å². The van der Waals surface area contributed by atoms with Crippen molar-refractivity contribution in [2.24, 2.45) is 10.9 Å². The Morgan fingerprint density at radius 2 is 1.81 bits per heavy atom. The summed E-state index contributed by atoms with van der Waals surface area (Å²) in [6, 6.07) is 0. The molecule has 1 amide bonds. The number of amides is 1. The quantitative estimate of drug-likeness (QED) is 0.474. The highest BCUT2D eigenvalue weighted by atomic mass is 16.6. The number of ether oxygens (including phenoxy) is 1. The van der Waals surface area contributed by atoms with Gasteiger partial charge >= 0.3 is 6.09 Å². The second-order valence-corrected chi connectivity index (χ2v) is 6.57. The fraction of sp³-hybridized carbons (Fsp3) is 0.867. The van der Waals surface area contributed by atoms with Gasteiger partial charge in [0, 0.05) is 33.2 Å². The summed E-state index contributed by atoms with van der Waals surface area (Å²) in [7, 11) is 1.79. The first kappa shape index (κ1) is 17.6. The maximum absolute atomic E-state index is 11.5. The van der Waals surface area contributed by atoms with Crippen molar-refractivity contribution in [3.8, 4) is 0 Å². The first-order chi connectivity index (χ1) is 9.81. The van der Waals surface area contributed by atoms with Crippen LogP contribution in [0.2, 0.25) is 0 Å². The van der Waals surface area contributed by atoms with Gasteiger partial charge in [-0.25, -0.2) is 4.79 Å². The highest BCUT2D eigenvalue weighted by Gasteiger charge is 2.18. The summed E-state index contributed by atoms with van der Waals surface area (Å²) in [5, 5.41) is 6.01. The Hall–Kier alpha value is -1.46. The number of aliphatic imine (C=N–C) groups is 1. The number of guanidine groups is 1. The van der Waals surface area contributed by atoms with Crippen LogP contribution in [0.3, 0.4) is 0 Å². The molecule has 0 aromatic heterocycles. The number of hydrogen-bond acceptors (Lipinski definition) is 3. The molecule has 0 atom stereocenters. The van der Waals surface area contributed by atoms with Crippen molar-refractivity contribution in [2.75, 3.05) is 33.2 Å². The van der Waals surface area contributed by atoms with Gasteiger partial charge in [0.15, 0.2) is 5.96 Å². The van der Waals surface area contributed by atoms with Crippen LogP contribution in [-0.2, 0) is 4.74 Å². The van der Waals surface area contributed by atoms with Gasteiger partial charge in [-0.2, -0.15) is 0 Å². The van der Waals surface area contributed by atoms with Crippen LogP contribution in [-0.4, -0.2) is 55.8 Å². The van der Waals surface area contributed by atoms with E-state index in [1.807, 2.05) is 20.8 Å². The minimum Gasteiger partial charge on any atom is -0.444 e. The molecule has 122 valence electrons. The van der Waals surface area contributed by atoms with E-state index in [0.717, 1.165) is 25.0 Å². The molecule has 0 saturated carbocycles. The molecule has 2 N–H and O–H groups in total. The number of likely N-dealkylation sites (tertiary alicyclic amines) is 1. The third kappa shape index (κ3) is 7.20. The van der Waals surface area contributed by atoms with Crippen LogP contribution in [0, 0.1) is 5.92 Å². The lowest BCUT2D eigenvalue weighted by Gasteiger charge is -2.32. The van der Waals surface area contributed by atoms with Crippen LogP contribution in [0.15, 0.2) is 4.99 Å². The molecule has 1 aliphatic heterocycles. The lowest BCUT2D eigenvalue weighted by atomic mass is 10.00. The van der Waals surface area contributed by atoms with Gasteiger partial charge in [-0.3, -0.25) is 4.99 Å². The van der Waals surface area contributed by atoms with Gasteiger partial charge in [-0.1, -0.05) is 6.92 Å². The molecule has 6 heteroatoms. The van der Waals surface area contributed by atoms with E-state index < -0.39 is 5.60 Å². The van der Waals surface area contributed by atoms with Crippen molar-refractivity contribution in [3.05, 3.63) is 0 Å². The number of rotatable bonds is 3. The smallest absolute Gasteiger partial charge is 0.407 e. The van der Waals surface area contributed by atoms with Gasteiger partial charge in [0.25, 0.3) is 0 Å². The number of piperidine rings is 1. The maximum Gasteiger partial charge on any atom is 0.407 e. The Balaban J connectivity index is 2.23. The molecule has 1 aliphatic rings. The number of nitrogens with one attached hydrogen (secondary N) is 2. The number of carbonyl (C=O) groups is 1. The van der Waals surface area contributed by atoms with Crippen LogP contribution in [0.1, 0.15) is 40.5 Å². The van der Waals surface area contributed by atoms with Gasteiger partial charge in [0.2, 0.25) is 0 Å². The fourth-order valence-electron chi connectivity index (χ4n) is 2.21. The average Bonchev–Trinajstić information content (AvgIpc) is 2.38. The summed E-state index contributed by atoms with van der Waals surface area (Å²) in [5.41, 5.74) is -0.460. The van der Waals surface area contributed by atoms with Gasteiger partial charge in [-0.15, -0.1) is 0 Å². The first-order valence-corrected chi connectivity index (χ1v) is 7.74. The molecule has 6 nitrogen and oxygen atoms in total. The fourth-order valence-corrected chi connectivity index (χ4v) is 2.21. The summed E-state index contributed by atoms with van der Waals surface area (Å²) >= 11 is 0. The average molecular weight is 298 g/mol. The molecule has 1 saturated heterocycles. The van der Waals surface area contributed by atoms with E-state index in [0.29, 0.717) is 13.1 Å². The molecular formula is C15H30N4O2. The lowest BCUT2D eigenvalue weighted by Crippen LogP contribution is -2.47. The van der Waals surface area contributed by atoms with Crippen molar-refractivity contribution in [3.63, 3.8) is 0 Å². The van der Waals surface area contributed by atoms with E-state index in [-0.39, 0.29) is 6.09 Å². The number of alkyl carbamates (subject to hydrolysis) is 1. The Labute approximate surface area is 128 Å². The zero-order valence-electron chi connectivity index (χ0n) is 14.0. The van der Waals surface area contributed by atoms with Gasteiger partial charge < -0.3 is 20.3 Å². The van der Waals surface area contributed by atoms with E-state index >= 15 is 0 Å². The summed E-state index contributed by atoms with van der Waals surface area (Å²) in [4.78, 5) is 18.1. The predicted octanol–water partition coefficient (Wildman–Crippen LogP) is 1.82. The standard InChI is InChI=1S/C15H30N4O2/c1-12-6-10-19(11-7-12)13(16-5)17-8-9-18-14(20)21-15(2,3)4/h12H,6-11H2,1-5H3,(H,16,17)(H,18,20). The second-order valence-electron chi connectivity index (χ2n) is 6.57. The van der Waals surface area contributed by atoms with E-state index in [1.54, 1.807) is 7.05 Å². The molecule has 0 unspecified atom stereocenters. The minimum atomic E-state index is -0.460. The van der Waals surface area contributed by atoms with Crippen molar-refractivity contribution >= 4 is 12.1 Å². The topological polar surface area (TPSA) is 66.0 Å². The van der Waals surface area contributed by atoms with Crippen LogP contribution in [0.4, 0.5) is 4.79 Å². The predicted molar refractivity (Wildman–Crippen MR) is 85.6 cm³/mol. The Morgan fingerprint density at radius 3 is 2.33 bits per heavy atom. The molecular weight excluding hydrogens is 268 g/mol. The van der Waals surface area contributed by atoms with Gasteiger partial charge in [0.1, 0.15) is 5.60 Å². The van der Waals surface area contributed by atoms with Crippen LogP contribution in [0.25, 0.3) is 0 Å². The van der Waals surface area contributed by atoms with Crippen LogP contribution in [0.5, 0.6) is 0 Å². The van der Waals surface area contributed by atoms with Crippen molar-refractivity contribution in [1.29, 1.82) is 0 Å². The molecule has 0 radical (unpaired) electrons. The highest BCUT2D eigenvalue weighted by Crippen LogP contribution is 2.15. The Bertz CT molecular complexity index is 355. The normalized spacial score (nSPS) is 17.6. The number of nitrogens with zero attached hydrogens (tertiary/aromatic N) is 2. The molecule has 21 heavy (non-hydrogen) atoms. The highest BCUT2D eigenvalue weighted by molar-refractivity contribution is 5.80. The van der Waals surface area contributed by atoms with Gasteiger partial charge in [0.05, 0.1) is 0 Å². The van der Waals surface area contributed by atoms with Crippen molar-refractivity contribution in [1.82, 2.24) is 15.5 Å². The zero-order valence-corrected chi connectivity index (χ0v) is 14.0. The molecule has 1 rings (SSSR count). The van der Waals surface area contributed by atoms with E-state index in [9.17, 15) is 4.79 Å². The minimum absolute atomic E-state index is 0.383. The maximum atomic E-state index is 11.5. The SMILES string of the molecule is CN=C(NCCNC(=O)OC(C)(C)C)N1CCC(C)CC1. The second kappa shape index (κ2) is 8.10. The van der Waals surface area contributed by atoms with Crippen LogP contribution < -0.4 is 10.6 Å². The monoisotopic (exact) mass is 298 g/mol. The molecule has 0 aliphatic carbocycles. The molecule has 1 fully saturated rings. The van der Waals surface area contributed by atoms with Crippen molar-refractivity contribution in [2.45, 2.75) is 46.1 Å². The van der Waals surface area contributed by atoms with E-state index in [4.69, 9.17) is 4.74 Å². The van der Waals surface area contributed by atoms with E-state index in [1.165, 1.54) is 12.8 Å². The third-order valence-corrected chi connectivity index (χ3v) is 3.37. The van der Waals surface area contributed by atoms with Crippen molar-refractivity contribution < 1.29 is 9.53 Å².